The van der Waals surface area contributed by atoms with Crippen molar-refractivity contribution in [1.82, 2.24) is 4.58 Å². The molecule has 1 aliphatic heterocycles. The number of morpholine rings is 1. The number of carbonyl (C=O) groups is 1. The zero-order valence-corrected chi connectivity index (χ0v) is 16.1. The van der Waals surface area contributed by atoms with Crippen LogP contribution in [0.4, 0.5) is 0 Å². The van der Waals surface area contributed by atoms with E-state index in [-0.39, 0.29) is 18.2 Å². The molecule has 1 fully saturated rings. The first-order valence-corrected chi connectivity index (χ1v) is 10.4. The first-order chi connectivity index (χ1) is 10.7. The lowest BCUT2D eigenvalue weighted by Crippen LogP contribution is -3.00. The highest BCUT2D eigenvalue weighted by Crippen LogP contribution is 2.25. The minimum absolute atomic E-state index is 0. The molecule has 0 unspecified atom stereocenters. The summed E-state index contributed by atoms with van der Waals surface area (Å²) >= 11 is 7.52. The molecule has 0 atom stereocenters. The molecule has 2 heterocycles. The van der Waals surface area contributed by atoms with Gasteiger partial charge in [-0.2, -0.15) is 0 Å². The third-order valence-electron chi connectivity index (χ3n) is 3.27. The van der Waals surface area contributed by atoms with Crippen molar-refractivity contribution in [3.8, 4) is 0 Å². The molecular weight excluding hydrogens is 393 g/mol. The first kappa shape index (κ1) is 19.0. The smallest absolute Gasteiger partial charge is 0.268 e. The number of nitrogens with zero attached hydrogens (tertiary/aromatic N) is 1. The predicted molar refractivity (Wildman–Crippen MR) is 94.5 cm³/mol. The largest absolute Gasteiger partial charge is 1.00 e. The zero-order valence-electron chi connectivity index (χ0n) is 12.2. The standard InChI is InChI=1S/C15H15ClNO2S3.ClH/c16-12-3-1-2-11(8-12)13(18)10-20-15-9-14(21-22-15)17-4-6-19-7-5-17;/h1-3,8-9H,4-7,10H2;1H/q+1;/p-1. The number of hydrogen-bond donors (Lipinski definition) is 0. The number of thioether (sulfide) groups is 1. The summed E-state index contributed by atoms with van der Waals surface area (Å²) in [6.45, 7) is 3.47. The fraction of sp³-hybridized carbons (Fsp3) is 0.333. The molecule has 0 aliphatic carbocycles. The Kier molecular flexibility index (Phi) is 7.59. The summed E-state index contributed by atoms with van der Waals surface area (Å²) in [7, 11) is 3.49. The molecule has 2 aromatic rings. The summed E-state index contributed by atoms with van der Waals surface area (Å²) in [6, 6.07) is 9.30. The third kappa shape index (κ3) is 5.31. The molecule has 3 rings (SSSR count). The van der Waals surface area contributed by atoms with Gasteiger partial charge in [-0.3, -0.25) is 4.79 Å². The first-order valence-electron chi connectivity index (χ1n) is 6.90. The van der Waals surface area contributed by atoms with E-state index in [2.05, 4.69) is 10.6 Å². The summed E-state index contributed by atoms with van der Waals surface area (Å²) in [5.74, 6) is 0.551. The highest BCUT2D eigenvalue weighted by molar-refractivity contribution is 8.03. The van der Waals surface area contributed by atoms with E-state index in [1.807, 2.05) is 12.1 Å². The molecule has 8 heteroatoms. The summed E-state index contributed by atoms with van der Waals surface area (Å²) < 4.78 is 10.2. The van der Waals surface area contributed by atoms with E-state index < -0.39 is 0 Å². The lowest BCUT2D eigenvalue weighted by molar-refractivity contribution is -0.0000127. The predicted octanol–water partition coefficient (Wildman–Crippen LogP) is 0.244. The average Bonchev–Trinajstić information content (AvgIpc) is 3.02. The van der Waals surface area contributed by atoms with Crippen LogP contribution in [0.5, 0.6) is 0 Å². The number of carbonyl (C=O) groups excluding carboxylic acids is 1. The molecule has 0 amide bonds. The zero-order chi connectivity index (χ0) is 15.4. The molecule has 3 nitrogen and oxygen atoms in total. The maximum atomic E-state index is 12.2. The van der Waals surface area contributed by atoms with Crippen LogP contribution in [-0.4, -0.2) is 37.8 Å². The van der Waals surface area contributed by atoms with Crippen LogP contribution in [0.1, 0.15) is 10.4 Å². The number of ether oxygens (including phenoxy) is 1. The van der Waals surface area contributed by atoms with Crippen LogP contribution >= 0.6 is 44.0 Å². The van der Waals surface area contributed by atoms with Crippen molar-refractivity contribution in [2.24, 2.45) is 0 Å². The maximum absolute atomic E-state index is 12.2. The van der Waals surface area contributed by atoms with Gasteiger partial charge in [-0.15, -0.1) is 11.8 Å². The molecule has 0 N–H and O–H groups in total. The molecule has 0 saturated carbocycles. The van der Waals surface area contributed by atoms with Gasteiger partial charge in [0.2, 0.25) is 0 Å². The SMILES string of the molecule is O=C(CSc1cc(=[N+]2CCOCC2)ss1)c1cccc(Cl)c1.[Cl-]. The highest BCUT2D eigenvalue weighted by Gasteiger charge is 2.14. The van der Waals surface area contributed by atoms with Crippen molar-refractivity contribution in [3.05, 3.63) is 45.6 Å². The Hall–Kier alpha value is -0.370. The highest BCUT2D eigenvalue weighted by atomic mass is 35.5. The molecule has 1 aromatic carbocycles. The molecule has 1 aromatic heterocycles. The van der Waals surface area contributed by atoms with Crippen LogP contribution in [0.15, 0.2) is 34.5 Å². The summed E-state index contributed by atoms with van der Waals surface area (Å²) in [5, 5.41) is 0.601. The summed E-state index contributed by atoms with van der Waals surface area (Å²) in [4.78, 5) is 12.2. The monoisotopic (exact) mass is 407 g/mol. The summed E-state index contributed by atoms with van der Waals surface area (Å²) in [5.41, 5.74) is 0.675. The van der Waals surface area contributed by atoms with Crippen LogP contribution in [0, 0.1) is 0 Å². The molecule has 0 radical (unpaired) electrons. The van der Waals surface area contributed by atoms with Gasteiger partial charge in [0.25, 0.3) is 4.67 Å². The van der Waals surface area contributed by atoms with Gasteiger partial charge in [0, 0.05) is 16.7 Å². The van der Waals surface area contributed by atoms with E-state index in [0.717, 1.165) is 26.3 Å². The van der Waals surface area contributed by atoms with Crippen molar-refractivity contribution in [1.29, 1.82) is 0 Å². The van der Waals surface area contributed by atoms with E-state index in [9.17, 15) is 4.79 Å². The van der Waals surface area contributed by atoms with Crippen molar-refractivity contribution in [3.63, 3.8) is 0 Å². The Bertz CT molecular complexity index is 734. The minimum atomic E-state index is 0. The number of halogens is 2. The Morgan fingerprint density at radius 2 is 2.04 bits per heavy atom. The molecule has 1 aliphatic rings. The maximum Gasteiger partial charge on any atom is 0.268 e. The number of rotatable bonds is 4. The number of hydrogen-bond acceptors (Lipinski definition) is 5. The topological polar surface area (TPSA) is 29.3 Å². The number of benzene rings is 1. The average molecular weight is 408 g/mol. The van der Waals surface area contributed by atoms with Crippen LogP contribution in [0.25, 0.3) is 0 Å². The van der Waals surface area contributed by atoms with Crippen molar-refractivity contribution in [2.75, 3.05) is 32.1 Å². The van der Waals surface area contributed by atoms with E-state index in [0.29, 0.717) is 16.3 Å². The fourth-order valence-corrected chi connectivity index (χ4v) is 6.08. The molecular formula is C15H15Cl2NO2S3. The second-order valence-corrected chi connectivity index (χ2v) is 8.69. The van der Waals surface area contributed by atoms with Crippen molar-refractivity contribution >= 4 is 49.8 Å². The summed E-state index contributed by atoms with van der Waals surface area (Å²) in [6.07, 6.45) is 0. The normalized spacial score (nSPS) is 14.4. The molecule has 0 spiro atoms. The fourth-order valence-electron chi connectivity index (χ4n) is 2.11. The van der Waals surface area contributed by atoms with Gasteiger partial charge < -0.3 is 17.1 Å². The van der Waals surface area contributed by atoms with E-state index in [1.165, 1.54) is 8.88 Å². The van der Waals surface area contributed by atoms with Gasteiger partial charge in [0.15, 0.2) is 18.9 Å². The Morgan fingerprint density at radius 1 is 1.26 bits per heavy atom. The second kappa shape index (κ2) is 9.20. The van der Waals surface area contributed by atoms with Gasteiger partial charge in [0.05, 0.1) is 9.96 Å². The van der Waals surface area contributed by atoms with E-state index in [1.54, 1.807) is 44.6 Å². The van der Waals surface area contributed by atoms with Crippen LogP contribution in [-0.2, 0) is 4.74 Å². The van der Waals surface area contributed by atoms with E-state index in [4.69, 9.17) is 16.3 Å². The Labute approximate surface area is 157 Å². The molecule has 0 bridgehead atoms. The van der Waals surface area contributed by atoms with Gasteiger partial charge in [-0.25, -0.2) is 4.58 Å². The van der Waals surface area contributed by atoms with Crippen LogP contribution in [0.3, 0.4) is 0 Å². The lowest BCUT2D eigenvalue weighted by Gasteiger charge is -2.09. The van der Waals surface area contributed by atoms with Crippen LogP contribution in [0.2, 0.25) is 5.02 Å². The van der Waals surface area contributed by atoms with Crippen LogP contribution < -0.4 is 21.7 Å². The molecule has 1 saturated heterocycles. The quantitative estimate of drug-likeness (QED) is 0.314. The Balaban J connectivity index is 0.00000192. The number of ketones is 1. The van der Waals surface area contributed by atoms with Gasteiger partial charge >= 0.3 is 0 Å². The lowest BCUT2D eigenvalue weighted by atomic mass is 10.1. The van der Waals surface area contributed by atoms with Gasteiger partial charge in [-0.05, 0) is 22.5 Å². The van der Waals surface area contributed by atoms with Crippen molar-refractivity contribution < 1.29 is 21.9 Å². The Morgan fingerprint density at radius 3 is 2.78 bits per heavy atom. The van der Waals surface area contributed by atoms with E-state index >= 15 is 0 Å². The minimum Gasteiger partial charge on any atom is -1.00 e. The van der Waals surface area contributed by atoms with Gasteiger partial charge in [-0.1, -0.05) is 34.1 Å². The third-order valence-corrected chi connectivity index (χ3v) is 7.44. The molecule has 124 valence electrons. The van der Waals surface area contributed by atoms with Gasteiger partial charge in [0.1, 0.15) is 13.2 Å². The number of Topliss-reactive ketones (excluding diaryl/α,β-unsaturated/α-hetero) is 1. The molecule has 23 heavy (non-hydrogen) atoms. The van der Waals surface area contributed by atoms with Crippen molar-refractivity contribution in [2.45, 2.75) is 4.21 Å². The second-order valence-electron chi connectivity index (χ2n) is 4.79.